The molecular weight excluding hydrogens is 290 g/mol. The van der Waals surface area contributed by atoms with Gasteiger partial charge in [0.05, 0.1) is 0 Å². The van der Waals surface area contributed by atoms with E-state index in [9.17, 15) is 9.59 Å². The van der Waals surface area contributed by atoms with Crippen LogP contribution in [0.4, 0.5) is 0 Å². The molecule has 1 atom stereocenters. The molecule has 5 heteroatoms. The van der Waals surface area contributed by atoms with Gasteiger partial charge in [0.25, 0.3) is 5.91 Å². The first kappa shape index (κ1) is 15.0. The molecule has 0 fully saturated rings. The minimum Gasteiger partial charge on any atom is -0.361 e. The van der Waals surface area contributed by atoms with Crippen molar-refractivity contribution in [2.45, 2.75) is 12.8 Å². The summed E-state index contributed by atoms with van der Waals surface area (Å²) in [6, 6.07) is 11.3. The van der Waals surface area contributed by atoms with Crippen molar-refractivity contribution in [2.75, 3.05) is 7.05 Å². The van der Waals surface area contributed by atoms with E-state index in [1.165, 1.54) is 6.07 Å². The first-order valence-corrected chi connectivity index (χ1v) is 7.39. The van der Waals surface area contributed by atoms with Gasteiger partial charge in [0.2, 0.25) is 0 Å². The molecule has 0 aliphatic heterocycles. The number of nitrogens with zero attached hydrogens (tertiary/aromatic N) is 1. The van der Waals surface area contributed by atoms with Crippen molar-refractivity contribution in [3.05, 3.63) is 65.1 Å². The second kappa shape index (κ2) is 6.04. The van der Waals surface area contributed by atoms with E-state index in [0.717, 1.165) is 22.8 Å². The van der Waals surface area contributed by atoms with Crippen LogP contribution < -0.4 is 5.32 Å². The smallest absolute Gasteiger partial charge is 0.269 e. The molecule has 0 radical (unpaired) electrons. The molecule has 1 aromatic carbocycles. The van der Waals surface area contributed by atoms with Gasteiger partial charge < -0.3 is 10.3 Å². The molecule has 0 saturated heterocycles. The lowest BCUT2D eigenvalue weighted by molar-refractivity contribution is 0.0958. The number of aldehydes is 1. The number of H-pyrrole nitrogens is 1. The van der Waals surface area contributed by atoms with E-state index in [4.69, 9.17) is 0 Å². The summed E-state index contributed by atoms with van der Waals surface area (Å²) in [6.07, 6.45) is 2.63. The average molecular weight is 307 g/mol. The Labute approximate surface area is 133 Å². The SMILES string of the molecule is CNC(=O)c1cc(C=O)cc(C(C)c2cccc3[nH]ccc23)n1. The lowest BCUT2D eigenvalue weighted by Crippen LogP contribution is -2.20. The quantitative estimate of drug-likeness (QED) is 0.728. The number of aromatic nitrogens is 2. The van der Waals surface area contributed by atoms with Crippen molar-refractivity contribution >= 4 is 23.1 Å². The van der Waals surface area contributed by atoms with E-state index in [1.807, 2.05) is 37.4 Å². The van der Waals surface area contributed by atoms with Gasteiger partial charge in [-0.05, 0) is 29.8 Å². The third-order valence-corrected chi connectivity index (χ3v) is 4.00. The van der Waals surface area contributed by atoms with Crippen molar-refractivity contribution in [2.24, 2.45) is 0 Å². The molecule has 1 unspecified atom stereocenters. The number of nitrogens with one attached hydrogen (secondary N) is 2. The Balaban J connectivity index is 2.11. The van der Waals surface area contributed by atoms with Crippen LogP contribution in [0.15, 0.2) is 42.6 Å². The Bertz CT molecular complexity index is 883. The third-order valence-electron chi connectivity index (χ3n) is 4.00. The molecule has 0 aliphatic rings. The van der Waals surface area contributed by atoms with Crippen LogP contribution in [0.2, 0.25) is 0 Å². The van der Waals surface area contributed by atoms with Crippen LogP contribution in [-0.2, 0) is 0 Å². The predicted octanol–water partition coefficient (Wildman–Crippen LogP) is 2.89. The Morgan fingerprint density at radius 1 is 1.30 bits per heavy atom. The standard InChI is InChI=1S/C18H17N3O2/c1-11(13-4-3-5-15-14(13)6-7-20-15)16-8-12(10-22)9-17(21-16)18(23)19-2/h3-11,20H,1-2H3,(H,19,23). The van der Waals surface area contributed by atoms with Gasteiger partial charge >= 0.3 is 0 Å². The van der Waals surface area contributed by atoms with Crippen molar-refractivity contribution < 1.29 is 9.59 Å². The maximum atomic E-state index is 11.9. The van der Waals surface area contributed by atoms with Crippen molar-refractivity contribution in [1.82, 2.24) is 15.3 Å². The lowest BCUT2D eigenvalue weighted by Gasteiger charge is -2.14. The fourth-order valence-corrected chi connectivity index (χ4v) is 2.75. The van der Waals surface area contributed by atoms with Gasteiger partial charge in [-0.15, -0.1) is 0 Å². The van der Waals surface area contributed by atoms with Gasteiger partial charge in [0.15, 0.2) is 0 Å². The van der Waals surface area contributed by atoms with E-state index < -0.39 is 0 Å². The van der Waals surface area contributed by atoms with Gasteiger partial charge in [-0.2, -0.15) is 0 Å². The third kappa shape index (κ3) is 2.73. The first-order valence-electron chi connectivity index (χ1n) is 7.39. The van der Waals surface area contributed by atoms with Crippen LogP contribution in [0.1, 0.15) is 44.9 Å². The molecule has 5 nitrogen and oxygen atoms in total. The van der Waals surface area contributed by atoms with Crippen LogP contribution in [0, 0.1) is 0 Å². The topological polar surface area (TPSA) is 74.8 Å². The highest BCUT2D eigenvalue weighted by Gasteiger charge is 2.17. The molecule has 2 heterocycles. The Morgan fingerprint density at radius 2 is 2.13 bits per heavy atom. The maximum absolute atomic E-state index is 11.9. The number of hydrogen-bond acceptors (Lipinski definition) is 3. The zero-order valence-corrected chi connectivity index (χ0v) is 13.0. The summed E-state index contributed by atoms with van der Waals surface area (Å²) in [5.74, 6) is -0.347. The number of hydrogen-bond donors (Lipinski definition) is 2. The van der Waals surface area contributed by atoms with Crippen molar-refractivity contribution in [1.29, 1.82) is 0 Å². The van der Waals surface area contributed by atoms with Crippen LogP contribution in [0.5, 0.6) is 0 Å². The van der Waals surface area contributed by atoms with E-state index in [-0.39, 0.29) is 17.5 Å². The highest BCUT2D eigenvalue weighted by atomic mass is 16.1. The first-order chi connectivity index (χ1) is 11.1. The van der Waals surface area contributed by atoms with E-state index in [1.54, 1.807) is 13.1 Å². The molecule has 0 aliphatic carbocycles. The fraction of sp³-hybridized carbons (Fsp3) is 0.167. The zero-order chi connectivity index (χ0) is 16.4. The largest absolute Gasteiger partial charge is 0.361 e. The number of rotatable bonds is 4. The lowest BCUT2D eigenvalue weighted by atomic mass is 9.93. The molecular formula is C18H17N3O2. The van der Waals surface area contributed by atoms with Crippen molar-refractivity contribution in [3.63, 3.8) is 0 Å². The summed E-state index contributed by atoms with van der Waals surface area (Å²) >= 11 is 0. The van der Waals surface area contributed by atoms with E-state index in [0.29, 0.717) is 11.3 Å². The minimum absolute atomic E-state index is 0.0437. The van der Waals surface area contributed by atoms with Gasteiger partial charge in [-0.1, -0.05) is 19.1 Å². The second-order valence-corrected chi connectivity index (χ2v) is 5.42. The zero-order valence-electron chi connectivity index (χ0n) is 13.0. The molecule has 3 rings (SSSR count). The molecule has 23 heavy (non-hydrogen) atoms. The second-order valence-electron chi connectivity index (χ2n) is 5.42. The van der Waals surface area contributed by atoms with Crippen LogP contribution in [-0.4, -0.2) is 29.2 Å². The van der Waals surface area contributed by atoms with Crippen molar-refractivity contribution in [3.8, 4) is 0 Å². The van der Waals surface area contributed by atoms with Crippen LogP contribution >= 0.6 is 0 Å². The minimum atomic E-state index is -0.304. The van der Waals surface area contributed by atoms with Gasteiger partial charge in [-0.25, -0.2) is 4.98 Å². The summed E-state index contributed by atoms with van der Waals surface area (Å²) in [5.41, 5.74) is 3.54. The Morgan fingerprint density at radius 3 is 2.87 bits per heavy atom. The number of benzene rings is 1. The number of carbonyl (C=O) groups excluding carboxylic acids is 2. The number of amides is 1. The number of pyridine rings is 1. The van der Waals surface area contributed by atoms with Gasteiger partial charge in [0.1, 0.15) is 12.0 Å². The summed E-state index contributed by atoms with van der Waals surface area (Å²) in [7, 11) is 1.54. The summed E-state index contributed by atoms with van der Waals surface area (Å²) < 4.78 is 0. The molecule has 2 N–H and O–H groups in total. The normalized spacial score (nSPS) is 12.1. The molecule has 2 aromatic heterocycles. The highest BCUT2D eigenvalue weighted by molar-refractivity contribution is 5.94. The van der Waals surface area contributed by atoms with Gasteiger partial charge in [0, 0.05) is 41.3 Å². The molecule has 116 valence electrons. The fourth-order valence-electron chi connectivity index (χ4n) is 2.75. The molecule has 0 bridgehead atoms. The number of fused-ring (bicyclic) bond motifs is 1. The Hall–Kier alpha value is -2.95. The highest BCUT2D eigenvalue weighted by Crippen LogP contribution is 2.29. The predicted molar refractivity (Wildman–Crippen MR) is 88.8 cm³/mol. The van der Waals surface area contributed by atoms with Crippen LogP contribution in [0.25, 0.3) is 10.9 Å². The van der Waals surface area contributed by atoms with E-state index in [2.05, 4.69) is 15.3 Å². The van der Waals surface area contributed by atoms with Gasteiger partial charge in [-0.3, -0.25) is 9.59 Å². The summed E-state index contributed by atoms with van der Waals surface area (Å²) in [4.78, 5) is 30.7. The molecule has 3 aromatic rings. The number of aromatic amines is 1. The monoisotopic (exact) mass is 307 g/mol. The maximum Gasteiger partial charge on any atom is 0.269 e. The summed E-state index contributed by atoms with van der Waals surface area (Å²) in [5, 5.41) is 3.65. The summed E-state index contributed by atoms with van der Waals surface area (Å²) in [6.45, 7) is 2.02. The average Bonchev–Trinajstić information content (AvgIpc) is 3.08. The Kier molecular flexibility index (Phi) is 3.93. The molecule has 0 spiro atoms. The van der Waals surface area contributed by atoms with E-state index >= 15 is 0 Å². The molecule has 1 amide bonds. The molecule has 0 saturated carbocycles. The number of carbonyl (C=O) groups is 2. The van der Waals surface area contributed by atoms with Crippen LogP contribution in [0.3, 0.4) is 0 Å².